The highest BCUT2D eigenvalue weighted by atomic mass is 79.9. The van der Waals surface area contributed by atoms with Crippen LogP contribution in [0.15, 0.2) is 22.7 Å². The van der Waals surface area contributed by atoms with Gasteiger partial charge < -0.3 is 15.2 Å². The number of aliphatic hydroxyl groups excluding tert-OH is 1. The van der Waals surface area contributed by atoms with Crippen molar-refractivity contribution >= 4 is 15.9 Å². The first-order chi connectivity index (χ1) is 8.24. The lowest BCUT2D eigenvalue weighted by atomic mass is 10.1. The van der Waals surface area contributed by atoms with E-state index >= 15 is 0 Å². The highest BCUT2D eigenvalue weighted by molar-refractivity contribution is 9.10. The number of nitrogens with one attached hydrogen (secondary N) is 1. The number of halogens is 1. The molecule has 1 fully saturated rings. The maximum Gasteiger partial charge on any atom is 0.119 e. The zero-order chi connectivity index (χ0) is 12.3. The Morgan fingerprint density at radius 2 is 2.29 bits per heavy atom. The summed E-state index contributed by atoms with van der Waals surface area (Å²) in [4.78, 5) is 0. The van der Waals surface area contributed by atoms with E-state index in [1.807, 2.05) is 18.2 Å². The Balaban J connectivity index is 2.09. The number of methoxy groups -OCH3 is 1. The van der Waals surface area contributed by atoms with Crippen molar-refractivity contribution in [3.05, 3.63) is 28.2 Å². The van der Waals surface area contributed by atoms with Crippen LogP contribution in [-0.2, 0) is 0 Å². The molecule has 17 heavy (non-hydrogen) atoms. The molecule has 0 aliphatic heterocycles. The Kier molecular flexibility index (Phi) is 4.42. The fourth-order valence-corrected chi connectivity index (χ4v) is 2.34. The van der Waals surface area contributed by atoms with E-state index in [1.165, 1.54) is 12.8 Å². The molecule has 1 atom stereocenters. The van der Waals surface area contributed by atoms with Crippen LogP contribution in [0.2, 0.25) is 0 Å². The van der Waals surface area contributed by atoms with Crippen LogP contribution in [0.25, 0.3) is 0 Å². The fraction of sp³-hybridized carbons (Fsp3) is 0.538. The minimum absolute atomic E-state index is 0.0277. The predicted molar refractivity (Wildman–Crippen MR) is 71.2 cm³/mol. The first-order valence-corrected chi connectivity index (χ1v) is 6.71. The van der Waals surface area contributed by atoms with Crippen LogP contribution in [0.5, 0.6) is 5.75 Å². The molecule has 3 nitrogen and oxygen atoms in total. The SMILES string of the molecule is COc1ccc(Br)c(C(CO)NCC2CC2)c1. The molecule has 2 rings (SSSR count). The summed E-state index contributed by atoms with van der Waals surface area (Å²) in [7, 11) is 1.65. The van der Waals surface area contributed by atoms with Crippen molar-refractivity contribution < 1.29 is 9.84 Å². The Labute approximate surface area is 110 Å². The van der Waals surface area contributed by atoms with E-state index in [0.29, 0.717) is 0 Å². The van der Waals surface area contributed by atoms with Crippen LogP contribution < -0.4 is 10.1 Å². The summed E-state index contributed by atoms with van der Waals surface area (Å²) in [5, 5.41) is 12.9. The van der Waals surface area contributed by atoms with E-state index in [1.54, 1.807) is 7.11 Å². The molecular formula is C13H18BrNO2. The van der Waals surface area contributed by atoms with E-state index < -0.39 is 0 Å². The average Bonchev–Trinajstić information content (AvgIpc) is 3.16. The number of hydrogen-bond acceptors (Lipinski definition) is 3. The maximum atomic E-state index is 9.48. The van der Waals surface area contributed by atoms with Gasteiger partial charge >= 0.3 is 0 Å². The van der Waals surface area contributed by atoms with E-state index in [0.717, 1.165) is 28.2 Å². The summed E-state index contributed by atoms with van der Waals surface area (Å²) in [6.45, 7) is 1.08. The number of ether oxygens (including phenoxy) is 1. The standard InChI is InChI=1S/C13H18BrNO2/c1-17-10-4-5-12(14)11(6-10)13(8-16)15-7-9-2-3-9/h4-6,9,13,15-16H,2-3,7-8H2,1H3. The highest BCUT2D eigenvalue weighted by Crippen LogP contribution is 2.31. The highest BCUT2D eigenvalue weighted by Gasteiger charge is 2.23. The van der Waals surface area contributed by atoms with Crippen LogP contribution in [0.1, 0.15) is 24.4 Å². The van der Waals surface area contributed by atoms with Crippen molar-refractivity contribution in [1.29, 1.82) is 0 Å². The van der Waals surface area contributed by atoms with Gasteiger partial charge in [0, 0.05) is 4.47 Å². The van der Waals surface area contributed by atoms with Gasteiger partial charge in [-0.3, -0.25) is 0 Å². The maximum absolute atomic E-state index is 9.48. The molecule has 1 saturated carbocycles. The zero-order valence-electron chi connectivity index (χ0n) is 9.95. The monoisotopic (exact) mass is 299 g/mol. The van der Waals surface area contributed by atoms with Gasteiger partial charge in [-0.05, 0) is 49.1 Å². The Bertz CT molecular complexity index is 380. The van der Waals surface area contributed by atoms with Gasteiger partial charge in [-0.15, -0.1) is 0 Å². The molecule has 1 aliphatic carbocycles. The number of benzene rings is 1. The third-order valence-corrected chi connectivity index (χ3v) is 3.83. The molecule has 0 aromatic heterocycles. The summed E-state index contributed by atoms with van der Waals surface area (Å²) < 4.78 is 6.21. The molecule has 94 valence electrons. The second-order valence-electron chi connectivity index (χ2n) is 4.47. The van der Waals surface area contributed by atoms with E-state index in [4.69, 9.17) is 4.74 Å². The van der Waals surface area contributed by atoms with Crippen molar-refractivity contribution in [2.24, 2.45) is 5.92 Å². The minimum atomic E-state index is -0.0277. The summed E-state index contributed by atoms with van der Waals surface area (Å²) in [5.74, 6) is 1.61. The average molecular weight is 300 g/mol. The van der Waals surface area contributed by atoms with Gasteiger partial charge in [0.25, 0.3) is 0 Å². The molecule has 0 bridgehead atoms. The van der Waals surface area contributed by atoms with Gasteiger partial charge in [0.1, 0.15) is 5.75 Å². The lowest BCUT2D eigenvalue weighted by molar-refractivity contribution is 0.243. The van der Waals surface area contributed by atoms with Crippen molar-refractivity contribution in [1.82, 2.24) is 5.32 Å². The third kappa shape index (κ3) is 3.44. The Morgan fingerprint density at radius 1 is 1.53 bits per heavy atom. The smallest absolute Gasteiger partial charge is 0.119 e. The minimum Gasteiger partial charge on any atom is -0.497 e. The normalized spacial score (nSPS) is 16.9. The van der Waals surface area contributed by atoms with Crippen LogP contribution >= 0.6 is 15.9 Å². The van der Waals surface area contributed by atoms with Gasteiger partial charge in [0.2, 0.25) is 0 Å². The zero-order valence-corrected chi connectivity index (χ0v) is 11.5. The summed E-state index contributed by atoms with van der Waals surface area (Å²) in [5.41, 5.74) is 1.05. The molecule has 1 aromatic rings. The van der Waals surface area contributed by atoms with Crippen LogP contribution in [0, 0.1) is 5.92 Å². The largest absolute Gasteiger partial charge is 0.497 e. The first-order valence-electron chi connectivity index (χ1n) is 5.92. The Morgan fingerprint density at radius 3 is 2.88 bits per heavy atom. The molecule has 4 heteroatoms. The van der Waals surface area contributed by atoms with Crippen LogP contribution in [0.4, 0.5) is 0 Å². The van der Waals surface area contributed by atoms with Crippen LogP contribution in [0.3, 0.4) is 0 Å². The molecule has 1 unspecified atom stereocenters. The van der Waals surface area contributed by atoms with Gasteiger partial charge in [0.15, 0.2) is 0 Å². The molecule has 1 aliphatic rings. The first kappa shape index (κ1) is 12.9. The topological polar surface area (TPSA) is 41.5 Å². The molecule has 0 amide bonds. The third-order valence-electron chi connectivity index (χ3n) is 3.11. The van der Waals surface area contributed by atoms with Crippen molar-refractivity contribution in [3.8, 4) is 5.75 Å². The number of aliphatic hydroxyl groups is 1. The fourth-order valence-electron chi connectivity index (χ4n) is 1.82. The Hall–Kier alpha value is -0.580. The van der Waals surface area contributed by atoms with E-state index in [9.17, 15) is 5.11 Å². The summed E-state index contributed by atoms with van der Waals surface area (Å²) in [6.07, 6.45) is 2.62. The number of hydrogen-bond donors (Lipinski definition) is 2. The molecule has 0 spiro atoms. The summed E-state index contributed by atoms with van der Waals surface area (Å²) >= 11 is 3.52. The van der Waals surface area contributed by atoms with E-state index in [2.05, 4.69) is 21.2 Å². The quantitative estimate of drug-likeness (QED) is 0.848. The molecule has 0 heterocycles. The van der Waals surface area contributed by atoms with Gasteiger partial charge in [-0.25, -0.2) is 0 Å². The molecular weight excluding hydrogens is 282 g/mol. The number of rotatable bonds is 6. The lowest BCUT2D eigenvalue weighted by Crippen LogP contribution is -2.26. The predicted octanol–water partition coefficient (Wildman–Crippen LogP) is 2.49. The molecule has 0 radical (unpaired) electrons. The van der Waals surface area contributed by atoms with Crippen LogP contribution in [-0.4, -0.2) is 25.4 Å². The van der Waals surface area contributed by atoms with Gasteiger partial charge in [0.05, 0.1) is 19.8 Å². The lowest BCUT2D eigenvalue weighted by Gasteiger charge is -2.18. The van der Waals surface area contributed by atoms with Crippen molar-refractivity contribution in [3.63, 3.8) is 0 Å². The van der Waals surface area contributed by atoms with Gasteiger partial charge in [-0.2, -0.15) is 0 Å². The molecule has 1 aromatic carbocycles. The molecule has 0 saturated heterocycles. The van der Waals surface area contributed by atoms with Crippen molar-refractivity contribution in [2.45, 2.75) is 18.9 Å². The second-order valence-corrected chi connectivity index (χ2v) is 5.33. The van der Waals surface area contributed by atoms with E-state index in [-0.39, 0.29) is 12.6 Å². The second kappa shape index (κ2) is 5.85. The summed E-state index contributed by atoms with van der Waals surface area (Å²) in [6, 6.07) is 5.80. The van der Waals surface area contributed by atoms with Crippen molar-refractivity contribution in [2.75, 3.05) is 20.3 Å². The molecule has 2 N–H and O–H groups in total. The van der Waals surface area contributed by atoms with Gasteiger partial charge in [-0.1, -0.05) is 15.9 Å².